The van der Waals surface area contributed by atoms with Gasteiger partial charge >= 0.3 is 0 Å². The summed E-state index contributed by atoms with van der Waals surface area (Å²) in [4.78, 5) is 40.0. The molecule has 0 saturated carbocycles. The molecule has 3 amide bonds. The predicted molar refractivity (Wildman–Crippen MR) is 122 cm³/mol. The van der Waals surface area contributed by atoms with Gasteiger partial charge in [-0.25, -0.2) is 0 Å². The van der Waals surface area contributed by atoms with Gasteiger partial charge in [-0.15, -0.1) is 11.3 Å². The molecule has 2 aromatic rings. The second-order valence-electron chi connectivity index (χ2n) is 7.58. The van der Waals surface area contributed by atoms with Crippen LogP contribution in [-0.2, 0) is 4.79 Å². The number of methoxy groups -OCH3 is 1. The zero-order valence-corrected chi connectivity index (χ0v) is 19.2. The maximum atomic E-state index is 12.6. The average molecular weight is 460 g/mol. The molecule has 0 spiro atoms. The zero-order chi connectivity index (χ0) is 22.9. The first-order valence-electron chi connectivity index (χ1n) is 10.8. The van der Waals surface area contributed by atoms with Crippen molar-refractivity contribution in [1.29, 1.82) is 0 Å². The van der Waals surface area contributed by atoms with Gasteiger partial charge in [-0.2, -0.15) is 0 Å². The summed E-state index contributed by atoms with van der Waals surface area (Å²) in [5.74, 6) is -0.186. The highest BCUT2D eigenvalue weighted by Crippen LogP contribution is 2.28. The van der Waals surface area contributed by atoms with Crippen molar-refractivity contribution in [2.45, 2.75) is 32.6 Å². The number of nitrogens with zero attached hydrogens (tertiary/aromatic N) is 1. The third-order valence-electron chi connectivity index (χ3n) is 5.29. The molecule has 172 valence electrons. The number of hydrogen-bond donors (Lipinski definition) is 2. The maximum absolute atomic E-state index is 12.6. The Morgan fingerprint density at radius 1 is 1.19 bits per heavy atom. The van der Waals surface area contributed by atoms with E-state index in [1.165, 1.54) is 18.4 Å². The zero-order valence-electron chi connectivity index (χ0n) is 18.4. The van der Waals surface area contributed by atoms with E-state index in [1.54, 1.807) is 29.2 Å². The van der Waals surface area contributed by atoms with Gasteiger partial charge in [0.2, 0.25) is 5.91 Å². The summed E-state index contributed by atoms with van der Waals surface area (Å²) in [7, 11) is 1.51. The molecule has 0 radical (unpaired) electrons. The molecule has 1 fully saturated rings. The van der Waals surface area contributed by atoms with E-state index >= 15 is 0 Å². The molecule has 1 atom stereocenters. The Hall–Kier alpha value is -3.07. The van der Waals surface area contributed by atoms with Crippen molar-refractivity contribution in [2.75, 3.05) is 26.8 Å². The number of unbranched alkanes of at least 4 members (excludes halogenated alkanes) is 1. The molecule has 3 rings (SSSR count). The Bertz CT molecular complexity index is 932. The quantitative estimate of drug-likeness (QED) is 0.467. The van der Waals surface area contributed by atoms with Gasteiger partial charge in [0, 0.05) is 18.7 Å². The third-order valence-corrected chi connectivity index (χ3v) is 6.15. The molecule has 8 nitrogen and oxygen atoms in total. The molecule has 1 aromatic heterocycles. The maximum Gasteiger partial charge on any atom is 0.269 e. The minimum Gasteiger partial charge on any atom is -0.493 e. The summed E-state index contributed by atoms with van der Waals surface area (Å²) >= 11 is 1.39. The number of thiophene rings is 1. The van der Waals surface area contributed by atoms with Crippen LogP contribution < -0.4 is 20.3 Å². The highest BCUT2D eigenvalue weighted by molar-refractivity contribution is 7.12. The number of benzene rings is 1. The van der Waals surface area contributed by atoms with Gasteiger partial charge in [0.15, 0.2) is 11.5 Å². The SMILES string of the molecule is CCCCOc1ccc(C(=O)NNC(=O)C2CCCN(C(=O)c3cccs3)C2)cc1OC. The Balaban J connectivity index is 1.53. The number of hydrogen-bond acceptors (Lipinski definition) is 6. The topological polar surface area (TPSA) is 97.0 Å². The molecule has 1 saturated heterocycles. The van der Waals surface area contributed by atoms with Crippen LogP contribution in [0.1, 0.15) is 52.6 Å². The highest BCUT2D eigenvalue weighted by atomic mass is 32.1. The second-order valence-corrected chi connectivity index (χ2v) is 8.53. The Morgan fingerprint density at radius 2 is 2.03 bits per heavy atom. The fourth-order valence-corrected chi connectivity index (χ4v) is 4.17. The van der Waals surface area contributed by atoms with Crippen molar-refractivity contribution in [1.82, 2.24) is 15.8 Å². The molecule has 0 bridgehead atoms. The van der Waals surface area contributed by atoms with E-state index in [0.29, 0.717) is 48.1 Å². The minimum absolute atomic E-state index is 0.0603. The monoisotopic (exact) mass is 459 g/mol. The molecule has 1 aliphatic heterocycles. The smallest absolute Gasteiger partial charge is 0.269 e. The normalized spacial score (nSPS) is 15.7. The number of carbonyl (C=O) groups is 3. The number of carbonyl (C=O) groups excluding carboxylic acids is 3. The Morgan fingerprint density at radius 3 is 2.75 bits per heavy atom. The van der Waals surface area contributed by atoms with Crippen LogP contribution in [0.3, 0.4) is 0 Å². The molecule has 1 aliphatic rings. The lowest BCUT2D eigenvalue weighted by Crippen LogP contribution is -2.50. The summed E-state index contributed by atoms with van der Waals surface area (Å²) < 4.78 is 11.0. The van der Waals surface area contributed by atoms with Crippen LogP contribution in [0.25, 0.3) is 0 Å². The summed E-state index contributed by atoms with van der Waals surface area (Å²) in [6.07, 6.45) is 3.34. The van der Waals surface area contributed by atoms with E-state index in [-0.39, 0.29) is 17.7 Å². The van der Waals surface area contributed by atoms with E-state index in [0.717, 1.165) is 19.3 Å². The van der Waals surface area contributed by atoms with Gasteiger partial charge in [-0.05, 0) is 48.9 Å². The molecule has 1 aromatic carbocycles. The summed E-state index contributed by atoms with van der Waals surface area (Å²) in [5.41, 5.74) is 5.28. The van der Waals surface area contributed by atoms with Crippen molar-refractivity contribution in [3.8, 4) is 11.5 Å². The van der Waals surface area contributed by atoms with Crippen molar-refractivity contribution in [3.63, 3.8) is 0 Å². The van der Waals surface area contributed by atoms with Crippen LogP contribution in [0, 0.1) is 5.92 Å². The van der Waals surface area contributed by atoms with Crippen molar-refractivity contribution in [2.24, 2.45) is 5.92 Å². The largest absolute Gasteiger partial charge is 0.493 e. The number of piperidine rings is 1. The predicted octanol–water partition coefficient (Wildman–Crippen LogP) is 3.25. The van der Waals surface area contributed by atoms with Gasteiger partial charge in [0.05, 0.1) is 24.5 Å². The standard InChI is InChI=1S/C23H29N3O5S/c1-3-4-12-31-18-10-9-16(14-19(18)30-2)21(27)24-25-22(28)17-7-5-11-26(15-17)23(29)20-8-6-13-32-20/h6,8-10,13-14,17H,3-5,7,11-12,15H2,1-2H3,(H,24,27)(H,25,28). The molecule has 9 heteroatoms. The summed E-state index contributed by atoms with van der Waals surface area (Å²) in [6.45, 7) is 3.60. The number of likely N-dealkylation sites (tertiary alicyclic amines) is 1. The fourth-order valence-electron chi connectivity index (χ4n) is 3.48. The van der Waals surface area contributed by atoms with Crippen LogP contribution in [0.4, 0.5) is 0 Å². The fraction of sp³-hybridized carbons (Fsp3) is 0.435. The van der Waals surface area contributed by atoms with Crippen LogP contribution in [0.15, 0.2) is 35.7 Å². The molecule has 1 unspecified atom stereocenters. The Labute approximate surface area is 191 Å². The van der Waals surface area contributed by atoms with E-state index in [4.69, 9.17) is 9.47 Å². The third kappa shape index (κ3) is 6.00. The van der Waals surface area contributed by atoms with Crippen LogP contribution in [0.5, 0.6) is 11.5 Å². The van der Waals surface area contributed by atoms with Crippen LogP contribution in [-0.4, -0.2) is 49.4 Å². The highest BCUT2D eigenvalue weighted by Gasteiger charge is 2.29. The number of hydrazine groups is 1. The molecule has 32 heavy (non-hydrogen) atoms. The van der Waals surface area contributed by atoms with Crippen LogP contribution in [0.2, 0.25) is 0 Å². The van der Waals surface area contributed by atoms with Crippen molar-refractivity contribution >= 4 is 29.1 Å². The first-order chi connectivity index (χ1) is 15.5. The van der Waals surface area contributed by atoms with Crippen LogP contribution >= 0.6 is 11.3 Å². The van der Waals surface area contributed by atoms with Crippen molar-refractivity contribution < 1.29 is 23.9 Å². The number of amides is 3. The van der Waals surface area contributed by atoms with Gasteiger partial charge < -0.3 is 14.4 Å². The second kappa shape index (κ2) is 11.5. The van der Waals surface area contributed by atoms with E-state index in [2.05, 4.69) is 17.8 Å². The van der Waals surface area contributed by atoms with E-state index in [9.17, 15) is 14.4 Å². The number of nitrogens with one attached hydrogen (secondary N) is 2. The molecule has 2 heterocycles. The molecule has 0 aliphatic carbocycles. The molecular formula is C23H29N3O5S. The van der Waals surface area contributed by atoms with Gasteiger partial charge in [-0.1, -0.05) is 19.4 Å². The van der Waals surface area contributed by atoms with E-state index in [1.807, 2.05) is 11.4 Å². The lowest BCUT2D eigenvalue weighted by molar-refractivity contribution is -0.127. The van der Waals surface area contributed by atoms with E-state index < -0.39 is 5.91 Å². The average Bonchev–Trinajstić information content (AvgIpc) is 3.37. The van der Waals surface area contributed by atoms with Gasteiger partial charge in [0.1, 0.15) is 0 Å². The minimum atomic E-state index is -0.459. The number of rotatable bonds is 8. The summed E-state index contributed by atoms with van der Waals surface area (Å²) in [5, 5.41) is 1.86. The molecular weight excluding hydrogens is 430 g/mol. The number of ether oxygens (including phenoxy) is 2. The lowest BCUT2D eigenvalue weighted by Gasteiger charge is -2.31. The lowest BCUT2D eigenvalue weighted by atomic mass is 9.97. The first-order valence-corrected chi connectivity index (χ1v) is 11.6. The van der Waals surface area contributed by atoms with Crippen molar-refractivity contribution in [3.05, 3.63) is 46.2 Å². The van der Waals surface area contributed by atoms with Gasteiger partial charge in [0.25, 0.3) is 11.8 Å². The first kappa shape index (κ1) is 23.6. The summed E-state index contributed by atoms with van der Waals surface area (Å²) in [6, 6.07) is 8.49. The van der Waals surface area contributed by atoms with Gasteiger partial charge in [-0.3, -0.25) is 25.2 Å². The Kier molecular flexibility index (Phi) is 8.49. The molecule has 2 N–H and O–H groups in total.